The lowest BCUT2D eigenvalue weighted by Crippen LogP contribution is -2.25. The molecule has 28 heavy (non-hydrogen) atoms. The molecule has 0 spiro atoms. The lowest BCUT2D eigenvalue weighted by molar-refractivity contribution is 0.261. The Balaban J connectivity index is 1.65. The van der Waals surface area contributed by atoms with Gasteiger partial charge in [0.15, 0.2) is 5.13 Å². The third-order valence-corrected chi connectivity index (χ3v) is 5.29. The van der Waals surface area contributed by atoms with Gasteiger partial charge in [0.2, 0.25) is 0 Å². The van der Waals surface area contributed by atoms with Crippen molar-refractivity contribution in [3.63, 3.8) is 0 Å². The fraction of sp³-hybridized carbons (Fsp3) is 0.300. The van der Waals surface area contributed by atoms with Crippen LogP contribution in [-0.2, 0) is 13.1 Å². The number of hydrogen-bond acceptors (Lipinski definition) is 6. The summed E-state index contributed by atoms with van der Waals surface area (Å²) in [6.07, 6.45) is 3.27. The molecule has 4 N–H and O–H groups in total. The van der Waals surface area contributed by atoms with Gasteiger partial charge in [0, 0.05) is 35.8 Å². The molecule has 8 heteroatoms. The van der Waals surface area contributed by atoms with E-state index in [2.05, 4.69) is 34.4 Å². The highest BCUT2D eigenvalue weighted by atomic mass is 32.1. The van der Waals surface area contributed by atoms with Gasteiger partial charge in [-0.25, -0.2) is 9.78 Å². The number of carbonyl (C=O) groups is 1. The number of nitrogens with two attached hydrogens (primary N) is 1. The zero-order valence-electron chi connectivity index (χ0n) is 16.2. The minimum absolute atomic E-state index is 0.336. The second kappa shape index (κ2) is 9.01. The van der Waals surface area contributed by atoms with Gasteiger partial charge in [-0.05, 0) is 50.2 Å². The SMILES string of the molecule is CC(C)N(C)Cc1csc(NC(=O)Nc2ccc(CN)c(-c3ccoc3)c2)n1. The molecule has 0 aliphatic heterocycles. The first-order valence-electron chi connectivity index (χ1n) is 9.04. The van der Waals surface area contributed by atoms with Crippen LogP contribution in [0.1, 0.15) is 25.1 Å². The van der Waals surface area contributed by atoms with E-state index in [1.54, 1.807) is 12.5 Å². The summed E-state index contributed by atoms with van der Waals surface area (Å²) in [5.74, 6) is 0. The molecular weight excluding hydrogens is 374 g/mol. The van der Waals surface area contributed by atoms with E-state index in [0.717, 1.165) is 28.9 Å². The highest BCUT2D eigenvalue weighted by Gasteiger charge is 2.12. The first kappa shape index (κ1) is 20.1. The Morgan fingerprint density at radius 2 is 2.14 bits per heavy atom. The van der Waals surface area contributed by atoms with Crippen molar-refractivity contribution in [2.75, 3.05) is 17.7 Å². The fourth-order valence-electron chi connectivity index (χ4n) is 2.65. The third-order valence-electron chi connectivity index (χ3n) is 4.48. The van der Waals surface area contributed by atoms with Crippen LogP contribution in [0.5, 0.6) is 0 Å². The van der Waals surface area contributed by atoms with Crippen molar-refractivity contribution in [1.29, 1.82) is 0 Å². The molecule has 3 aromatic rings. The number of hydrogen-bond donors (Lipinski definition) is 3. The van der Waals surface area contributed by atoms with Crippen molar-refractivity contribution in [3.05, 3.63) is 53.4 Å². The normalized spacial score (nSPS) is 11.2. The van der Waals surface area contributed by atoms with E-state index in [1.165, 1.54) is 11.3 Å². The number of nitrogens with one attached hydrogen (secondary N) is 2. The molecule has 0 aliphatic rings. The number of furan rings is 1. The summed E-state index contributed by atoms with van der Waals surface area (Å²) in [5, 5.41) is 8.17. The van der Waals surface area contributed by atoms with Crippen molar-refractivity contribution in [1.82, 2.24) is 9.88 Å². The van der Waals surface area contributed by atoms with E-state index in [9.17, 15) is 4.79 Å². The molecule has 0 bridgehead atoms. The summed E-state index contributed by atoms with van der Waals surface area (Å²) in [7, 11) is 2.05. The van der Waals surface area contributed by atoms with Crippen LogP contribution in [0.25, 0.3) is 11.1 Å². The van der Waals surface area contributed by atoms with Crippen molar-refractivity contribution < 1.29 is 9.21 Å². The molecule has 0 saturated heterocycles. The molecule has 0 atom stereocenters. The summed E-state index contributed by atoms with van der Waals surface area (Å²) < 4.78 is 5.16. The quantitative estimate of drug-likeness (QED) is 0.549. The predicted octanol–water partition coefficient (Wildman–Crippen LogP) is 4.35. The molecular formula is C20H25N5O2S. The molecule has 3 rings (SSSR count). The van der Waals surface area contributed by atoms with E-state index < -0.39 is 0 Å². The Bertz CT molecular complexity index is 921. The monoisotopic (exact) mass is 399 g/mol. The molecule has 1 aromatic carbocycles. The summed E-state index contributed by atoms with van der Waals surface area (Å²) in [6.45, 7) is 5.41. The predicted molar refractivity (Wildman–Crippen MR) is 113 cm³/mol. The van der Waals surface area contributed by atoms with Crippen LogP contribution in [0.4, 0.5) is 15.6 Å². The minimum atomic E-state index is -0.336. The lowest BCUT2D eigenvalue weighted by atomic mass is 10.0. The number of anilines is 2. The second-order valence-corrected chi connectivity index (χ2v) is 7.68. The lowest BCUT2D eigenvalue weighted by Gasteiger charge is -2.19. The maximum atomic E-state index is 12.4. The van der Waals surface area contributed by atoms with Gasteiger partial charge in [-0.15, -0.1) is 11.3 Å². The average Bonchev–Trinajstić information content (AvgIpc) is 3.33. The number of rotatable bonds is 7. The minimum Gasteiger partial charge on any atom is -0.472 e. The Morgan fingerprint density at radius 3 is 2.82 bits per heavy atom. The van der Waals surface area contributed by atoms with Crippen LogP contribution in [0, 0.1) is 0 Å². The zero-order valence-corrected chi connectivity index (χ0v) is 17.0. The summed E-state index contributed by atoms with van der Waals surface area (Å²) in [4.78, 5) is 19.0. The van der Waals surface area contributed by atoms with Crippen LogP contribution in [-0.4, -0.2) is 29.0 Å². The van der Waals surface area contributed by atoms with Crippen LogP contribution >= 0.6 is 11.3 Å². The van der Waals surface area contributed by atoms with Gasteiger partial charge in [0.25, 0.3) is 0 Å². The molecule has 7 nitrogen and oxygen atoms in total. The highest BCUT2D eigenvalue weighted by Crippen LogP contribution is 2.27. The maximum Gasteiger partial charge on any atom is 0.325 e. The number of thiazole rings is 1. The second-order valence-electron chi connectivity index (χ2n) is 6.82. The van der Waals surface area contributed by atoms with E-state index in [4.69, 9.17) is 10.2 Å². The first-order chi connectivity index (χ1) is 13.5. The van der Waals surface area contributed by atoms with E-state index in [0.29, 0.717) is 23.4 Å². The van der Waals surface area contributed by atoms with Crippen LogP contribution in [0.2, 0.25) is 0 Å². The smallest absolute Gasteiger partial charge is 0.325 e. The summed E-state index contributed by atoms with van der Waals surface area (Å²) in [5.41, 5.74) is 10.3. The van der Waals surface area contributed by atoms with Gasteiger partial charge < -0.3 is 15.5 Å². The van der Waals surface area contributed by atoms with E-state index >= 15 is 0 Å². The molecule has 0 radical (unpaired) electrons. The molecule has 0 aliphatic carbocycles. The van der Waals surface area contributed by atoms with Gasteiger partial charge in [0.05, 0.1) is 18.2 Å². The molecule has 0 fully saturated rings. The molecule has 2 heterocycles. The average molecular weight is 400 g/mol. The number of nitrogens with zero attached hydrogens (tertiary/aromatic N) is 2. The standard InChI is InChI=1S/C20H25N5O2S/c1-13(2)25(3)10-17-12-28-20(23-17)24-19(26)22-16-5-4-14(9-21)18(8-16)15-6-7-27-11-15/h4-8,11-13H,9-10,21H2,1-3H3,(H2,22,23,24,26). The van der Waals surface area contributed by atoms with Crippen LogP contribution in [0.3, 0.4) is 0 Å². The van der Waals surface area contributed by atoms with Gasteiger partial charge in [0.1, 0.15) is 0 Å². The molecule has 2 amide bonds. The van der Waals surface area contributed by atoms with Crippen LogP contribution in [0.15, 0.2) is 46.6 Å². The number of carbonyl (C=O) groups excluding carboxylic acids is 1. The Kier molecular flexibility index (Phi) is 6.45. The largest absolute Gasteiger partial charge is 0.472 e. The summed E-state index contributed by atoms with van der Waals surface area (Å²) in [6, 6.07) is 7.58. The number of benzene rings is 1. The van der Waals surface area contributed by atoms with Gasteiger partial charge in [-0.2, -0.15) is 0 Å². The topological polar surface area (TPSA) is 96.4 Å². The Labute approximate surface area is 168 Å². The summed E-state index contributed by atoms with van der Waals surface area (Å²) >= 11 is 1.41. The van der Waals surface area contributed by atoms with Crippen LogP contribution < -0.4 is 16.4 Å². The van der Waals surface area contributed by atoms with Gasteiger partial charge >= 0.3 is 6.03 Å². The Morgan fingerprint density at radius 1 is 1.32 bits per heavy atom. The maximum absolute atomic E-state index is 12.4. The van der Waals surface area contributed by atoms with E-state index in [1.807, 2.05) is 36.7 Å². The van der Waals surface area contributed by atoms with E-state index in [-0.39, 0.29) is 6.03 Å². The first-order valence-corrected chi connectivity index (χ1v) is 9.92. The molecule has 2 aromatic heterocycles. The fourth-order valence-corrected chi connectivity index (χ4v) is 3.35. The van der Waals surface area contributed by atoms with Crippen molar-refractivity contribution in [2.45, 2.75) is 33.0 Å². The van der Waals surface area contributed by atoms with Gasteiger partial charge in [-0.1, -0.05) is 6.07 Å². The number of urea groups is 1. The highest BCUT2D eigenvalue weighted by molar-refractivity contribution is 7.13. The Hall–Kier alpha value is -2.68. The molecule has 0 saturated carbocycles. The number of aromatic nitrogens is 1. The van der Waals surface area contributed by atoms with Crippen molar-refractivity contribution in [2.24, 2.45) is 5.73 Å². The number of amides is 2. The van der Waals surface area contributed by atoms with Crippen molar-refractivity contribution >= 4 is 28.2 Å². The zero-order chi connectivity index (χ0) is 20.1. The van der Waals surface area contributed by atoms with Crippen molar-refractivity contribution in [3.8, 4) is 11.1 Å². The molecule has 148 valence electrons. The third kappa shape index (κ3) is 4.98. The van der Waals surface area contributed by atoms with Gasteiger partial charge in [-0.3, -0.25) is 10.2 Å². The molecule has 0 unspecified atom stereocenters.